The molecule has 18 rings (SSSR count). The first-order chi connectivity index (χ1) is 53.2. The maximum Gasteiger partial charge on any atom is 0.307 e. The Morgan fingerprint density at radius 3 is 1.14 bits per heavy atom. The highest BCUT2D eigenvalue weighted by molar-refractivity contribution is 6.29. The van der Waals surface area contributed by atoms with E-state index in [4.69, 9.17) is 29.9 Å². The van der Waals surface area contributed by atoms with Crippen LogP contribution in [0.4, 0.5) is 52.6 Å². The van der Waals surface area contributed by atoms with Crippen molar-refractivity contribution in [2.24, 2.45) is 91.4 Å². The Balaban J connectivity index is 0.000000122. The van der Waals surface area contributed by atoms with E-state index in [2.05, 4.69) is 65.7 Å². The van der Waals surface area contributed by atoms with Gasteiger partial charge in [0.2, 0.25) is 30.4 Å². The molecule has 2 saturated heterocycles. The van der Waals surface area contributed by atoms with Crippen LogP contribution in [0.1, 0.15) is 162 Å². The quantitative estimate of drug-likeness (QED) is 0.0696. The van der Waals surface area contributed by atoms with Crippen LogP contribution in [0.5, 0.6) is 0 Å². The van der Waals surface area contributed by atoms with E-state index in [1.54, 1.807) is 30.9 Å². The van der Waals surface area contributed by atoms with E-state index in [-0.39, 0.29) is 71.1 Å². The molecule has 8 bridgehead atoms. The lowest BCUT2D eigenvalue weighted by molar-refractivity contribution is -0.145. The normalized spacial score (nSPS) is 28.5. The van der Waals surface area contributed by atoms with Crippen LogP contribution in [0.15, 0.2) is 118 Å². The van der Waals surface area contributed by atoms with E-state index in [0.29, 0.717) is 113 Å². The summed E-state index contributed by atoms with van der Waals surface area (Å²) in [4.78, 5) is 74.3. The number of nitrogens with zero attached hydrogens (tertiary/aromatic N) is 14. The Kier molecular flexibility index (Phi) is 25.0. The molecule has 3 amide bonds. The number of carbonyl (C=O) groups is 4. The minimum Gasteiger partial charge on any atom is -0.481 e. The fraction of sp³-hybridized carbons (Fsp3) is 0.475. The Labute approximate surface area is 636 Å². The van der Waals surface area contributed by atoms with Gasteiger partial charge in [0.1, 0.15) is 57.5 Å². The minimum atomic E-state index is -0.661. The number of aromatic nitrogens is 4. The lowest BCUT2D eigenvalue weighted by atomic mass is 9.78. The van der Waals surface area contributed by atoms with Crippen molar-refractivity contribution in [3.05, 3.63) is 194 Å². The monoisotopic (exact) mass is 1530 g/mol. The van der Waals surface area contributed by atoms with E-state index in [1.807, 2.05) is 0 Å². The summed E-state index contributed by atoms with van der Waals surface area (Å²) in [6.07, 6.45) is 27.0. The maximum absolute atomic E-state index is 13.7. The van der Waals surface area contributed by atoms with Crippen LogP contribution in [-0.2, 0) is 19.2 Å². The third-order valence-electron chi connectivity index (χ3n) is 23.6. The molecule has 8 heterocycles. The topological polar surface area (TPSA) is 235 Å². The lowest BCUT2D eigenvalue weighted by Crippen LogP contribution is -2.48. The molecule has 3 N–H and O–H groups in total. The van der Waals surface area contributed by atoms with Crippen molar-refractivity contribution in [3.63, 3.8) is 0 Å². The SMILES string of the molecule is Fc1cc(F)cc(C2CC=NN2)c1.O=C(C1C2CCC1CNC2)N1N=CCC1c1cc(F)cc(F)c1.O=C(C1C2CCCC1CC2)N1N=CCC1c1cc(F)cc(F)c1.O=C(O)C1C2CCCC1CC2.[C-]#[N+]c1cc(Cl)ncn1.[C-]#[N+]c1cc(N2CC3CCC(C2)C3C(=O)N2N=CCC2c2cc(F)cc(F)c2)ncn1. The number of rotatable bonds is 9. The maximum atomic E-state index is 13.7. The molecule has 12 aliphatic rings. The van der Waals surface area contributed by atoms with Crippen LogP contribution in [0.3, 0.4) is 0 Å². The summed E-state index contributed by atoms with van der Waals surface area (Å²) in [6, 6.07) is 15.5. The number of hydrogen-bond acceptors (Lipinski definition) is 15. The molecular weight excluding hydrogens is 1450 g/mol. The number of hydrazone groups is 4. The number of fused-ring (bicyclic) bond motifs is 8. The minimum absolute atomic E-state index is 0.00224. The summed E-state index contributed by atoms with van der Waals surface area (Å²) >= 11 is 5.43. The van der Waals surface area contributed by atoms with Gasteiger partial charge in [0.25, 0.3) is 11.6 Å². The molecule has 4 aromatic carbocycles. The zero-order valence-electron chi connectivity index (χ0n) is 60.1. The number of carbonyl (C=O) groups excluding carboxylic acids is 3. The number of piperidine rings is 2. The number of carboxylic acids is 1. The number of hydrogen-bond donors (Lipinski definition) is 3. The van der Waals surface area contributed by atoms with E-state index >= 15 is 0 Å². The van der Waals surface area contributed by atoms with E-state index in [1.165, 1.54) is 108 Å². The average Bonchev–Trinajstić information content (AvgIpc) is 1.61. The van der Waals surface area contributed by atoms with Gasteiger partial charge in [-0.05, 0) is 208 Å². The van der Waals surface area contributed by atoms with E-state index in [9.17, 15) is 54.3 Å². The number of aliphatic carboxylic acids is 1. The Morgan fingerprint density at radius 2 is 0.773 bits per heavy atom. The van der Waals surface area contributed by atoms with Crippen LogP contribution in [0.25, 0.3) is 9.69 Å². The number of benzene rings is 4. The van der Waals surface area contributed by atoms with Gasteiger partial charge in [-0.15, -0.1) is 9.97 Å². The molecule has 8 fully saturated rings. The van der Waals surface area contributed by atoms with Gasteiger partial charge in [0, 0.05) is 118 Å². The van der Waals surface area contributed by atoms with Crippen molar-refractivity contribution >= 4 is 77.6 Å². The molecular formula is C80H83ClF8N16O5. The fourth-order valence-corrected chi connectivity index (χ4v) is 18.9. The van der Waals surface area contributed by atoms with Crippen LogP contribution < -0.4 is 15.6 Å². The van der Waals surface area contributed by atoms with Crippen LogP contribution in [0.2, 0.25) is 5.15 Å². The third kappa shape index (κ3) is 18.2. The van der Waals surface area contributed by atoms with Gasteiger partial charge in [-0.1, -0.05) is 37.6 Å². The van der Waals surface area contributed by atoms with Crippen molar-refractivity contribution in [1.29, 1.82) is 0 Å². The van der Waals surface area contributed by atoms with Crippen LogP contribution in [0, 0.1) is 131 Å². The first-order valence-electron chi connectivity index (χ1n) is 37.6. The molecule has 12 unspecified atom stereocenters. The van der Waals surface area contributed by atoms with Gasteiger partial charge in [0.15, 0.2) is 0 Å². The van der Waals surface area contributed by atoms with Gasteiger partial charge >= 0.3 is 5.97 Å². The number of amides is 3. The fourth-order valence-electron chi connectivity index (χ4n) is 18.8. The second-order valence-electron chi connectivity index (χ2n) is 30.2. The molecule has 0 spiro atoms. The summed E-state index contributed by atoms with van der Waals surface area (Å²) in [5.41, 5.74) is 4.72. The van der Waals surface area contributed by atoms with Crippen molar-refractivity contribution in [2.45, 2.75) is 140 Å². The predicted octanol–water partition coefficient (Wildman–Crippen LogP) is 15.8. The Bertz CT molecular complexity index is 4320. The highest BCUT2D eigenvalue weighted by atomic mass is 35.5. The van der Waals surface area contributed by atoms with Crippen molar-refractivity contribution in [1.82, 2.24) is 45.7 Å². The van der Waals surface area contributed by atoms with Gasteiger partial charge in [-0.2, -0.15) is 25.4 Å². The van der Waals surface area contributed by atoms with Gasteiger partial charge in [-0.25, -0.2) is 55.1 Å². The van der Waals surface area contributed by atoms with Crippen molar-refractivity contribution in [3.8, 4) is 0 Å². The standard InChI is InChI=1S/C22H20F2N6O.C18H20F2N2O.C17H19F2N3O.C9H8F2N2.C9H14O2.C5H2ClN3/c1-25-19-9-20(27-12-26-19)29-10-13-2-3-14(11-29)21(13)22(31)30-18(4-5-28-30)15-6-16(23)8-17(24)7-15;19-14-8-13(9-15(20)10-14)16-6-7-21-22(16)18(23)17-11-2-1-3-12(17)5-4-11;18-13-5-12(6-14(19)7-13)15-3-4-21-22(15)17(23)16-10-1-2-11(16)9-20-8-10;10-7-3-6(4-8(11)5-7)9-1-2-12-13-9;10-9(11)8-6-2-1-3-7(8)5-4-6;1-7-5-2-4(6)8-3-9-5/h5-9,12-14,18,21H,2-4,10-11H2;7-12,16-17H,1-6H2;4-7,10-11,15-16,20H,1-3,8-9H2;2-5,9,13H,1H2;6-8H,1-5H2,(H,10,11);2-3H. The Hall–Kier alpha value is -10.1. The second kappa shape index (κ2) is 35.3. The lowest BCUT2D eigenvalue weighted by Gasteiger charge is -2.39. The summed E-state index contributed by atoms with van der Waals surface area (Å²) in [7, 11) is 0. The van der Waals surface area contributed by atoms with Gasteiger partial charge in [0.05, 0.1) is 30.1 Å². The smallest absolute Gasteiger partial charge is 0.307 e. The molecule has 12 atom stereocenters. The summed E-state index contributed by atoms with van der Waals surface area (Å²) < 4.78 is 107. The molecule has 6 aliphatic carbocycles. The van der Waals surface area contributed by atoms with Gasteiger partial charge < -0.3 is 30.4 Å². The molecule has 576 valence electrons. The van der Waals surface area contributed by atoms with E-state index in [0.717, 1.165) is 102 Å². The van der Waals surface area contributed by atoms with Crippen molar-refractivity contribution in [2.75, 3.05) is 31.1 Å². The molecule has 0 radical (unpaired) electrons. The molecule has 6 aromatic rings. The molecule has 6 saturated carbocycles. The summed E-state index contributed by atoms with van der Waals surface area (Å²) in [5, 5.41) is 33.5. The third-order valence-corrected chi connectivity index (χ3v) is 23.8. The number of carboxylic acid groups (broad SMARTS) is 1. The highest BCUT2D eigenvalue weighted by Gasteiger charge is 2.51. The van der Waals surface area contributed by atoms with E-state index < -0.39 is 64.6 Å². The largest absolute Gasteiger partial charge is 0.481 e. The molecule has 110 heavy (non-hydrogen) atoms. The zero-order chi connectivity index (χ0) is 77.3. The number of nitrogens with one attached hydrogen (secondary N) is 2. The molecule has 21 nitrogen and oxygen atoms in total. The van der Waals surface area contributed by atoms with Gasteiger partial charge in [-0.3, -0.25) is 19.2 Å². The molecule has 30 heteroatoms. The zero-order valence-corrected chi connectivity index (χ0v) is 60.8. The number of anilines is 1. The summed E-state index contributed by atoms with van der Waals surface area (Å²) in [5.74, 6) is -1.42. The highest BCUT2D eigenvalue weighted by Crippen LogP contribution is 2.51. The molecule has 6 aliphatic heterocycles. The number of halogens is 9. The Morgan fingerprint density at radius 1 is 0.418 bits per heavy atom. The first kappa shape index (κ1) is 78.0. The van der Waals surface area contributed by atoms with Crippen LogP contribution in [-0.4, -0.2) is 115 Å². The predicted molar refractivity (Wildman–Crippen MR) is 393 cm³/mol. The first-order valence-corrected chi connectivity index (χ1v) is 38.0. The average molecular weight is 1540 g/mol. The van der Waals surface area contributed by atoms with Crippen LogP contribution >= 0.6 is 11.6 Å². The van der Waals surface area contributed by atoms with Crippen molar-refractivity contribution < 1.29 is 59.4 Å². The summed E-state index contributed by atoms with van der Waals surface area (Å²) in [6.45, 7) is 16.7. The molecule has 2 aromatic heterocycles. The second-order valence-corrected chi connectivity index (χ2v) is 30.5.